The molecule has 3 atom stereocenters. The topological polar surface area (TPSA) is 112 Å². The molecule has 2 heterocycles. The molecule has 47 heavy (non-hydrogen) atoms. The zero-order valence-corrected chi connectivity index (χ0v) is 28.2. The number of nitrogens with one attached hydrogen (secondary N) is 1. The standard InChI is InChI=1S/C37H40N2O7Si/c1-43-30-18-14-28(15-19-30)37(27-12-7-6-8-13-27,29-16-20-31(44-2)21-17-29)45-25-33-32(40)23-34(46-33)39-24-26(35(41)38-36(39)42)11-9-10-22-47(3,4)5/h6-9,11-21,24,32-34,40H,23,25H2,1-5H3,(H,38,41,42)/b11-9+/t32-,33+,34+/m0/s1. The number of H-pyrrole nitrogens is 1. The van der Waals surface area contributed by atoms with Crippen LogP contribution in [0.25, 0.3) is 6.08 Å². The second-order valence-electron chi connectivity index (χ2n) is 12.4. The summed E-state index contributed by atoms with van der Waals surface area (Å²) in [5.74, 6) is 4.39. The number of aromatic amines is 1. The fourth-order valence-electron chi connectivity index (χ4n) is 5.54. The van der Waals surface area contributed by atoms with Gasteiger partial charge in [-0.25, -0.2) is 4.79 Å². The summed E-state index contributed by atoms with van der Waals surface area (Å²) in [6.45, 7) is 6.37. The minimum Gasteiger partial charge on any atom is -0.497 e. The molecule has 1 aliphatic rings. The van der Waals surface area contributed by atoms with E-state index in [-0.39, 0.29) is 18.6 Å². The molecule has 1 aromatic heterocycles. The second kappa shape index (κ2) is 14.4. The van der Waals surface area contributed by atoms with Crippen LogP contribution in [-0.4, -0.2) is 55.8 Å². The SMILES string of the molecule is COc1ccc(C(OC[C@H]2O[C@@H](n3cc(/C=C/C#C[Si](C)(C)C)c(=O)[nH]c3=O)C[C@@H]2O)(c2ccccc2)c2ccc(OC)cc2)cc1. The van der Waals surface area contributed by atoms with E-state index in [2.05, 4.69) is 36.1 Å². The van der Waals surface area contributed by atoms with Gasteiger partial charge in [0, 0.05) is 12.6 Å². The second-order valence-corrected chi connectivity index (χ2v) is 17.1. The molecule has 3 aromatic carbocycles. The lowest BCUT2D eigenvalue weighted by Crippen LogP contribution is -2.38. The van der Waals surface area contributed by atoms with Crippen molar-refractivity contribution in [3.8, 4) is 23.0 Å². The van der Waals surface area contributed by atoms with Crippen molar-refractivity contribution in [3.63, 3.8) is 0 Å². The molecule has 9 nitrogen and oxygen atoms in total. The van der Waals surface area contributed by atoms with E-state index in [1.807, 2.05) is 78.9 Å². The van der Waals surface area contributed by atoms with Crippen molar-refractivity contribution in [1.29, 1.82) is 0 Å². The van der Waals surface area contributed by atoms with Crippen LogP contribution < -0.4 is 20.7 Å². The normalized spacial score (nSPS) is 18.1. The fraction of sp³-hybridized carbons (Fsp3) is 0.297. The third-order valence-electron chi connectivity index (χ3n) is 7.94. The average molecular weight is 653 g/mol. The van der Waals surface area contributed by atoms with Crippen molar-refractivity contribution in [2.75, 3.05) is 20.8 Å². The van der Waals surface area contributed by atoms with Gasteiger partial charge in [-0.15, -0.1) is 5.54 Å². The van der Waals surface area contributed by atoms with Crippen LogP contribution in [0.15, 0.2) is 101 Å². The predicted octanol–water partition coefficient (Wildman–Crippen LogP) is 5.10. The highest BCUT2D eigenvalue weighted by Crippen LogP contribution is 2.42. The largest absolute Gasteiger partial charge is 0.497 e. The summed E-state index contributed by atoms with van der Waals surface area (Å²) in [6.07, 6.45) is 2.21. The minimum atomic E-state index is -1.59. The number of benzene rings is 3. The molecule has 10 heteroatoms. The molecule has 1 aliphatic heterocycles. The molecule has 0 amide bonds. The van der Waals surface area contributed by atoms with Gasteiger partial charge in [-0.2, -0.15) is 0 Å². The van der Waals surface area contributed by atoms with Gasteiger partial charge < -0.3 is 24.1 Å². The van der Waals surface area contributed by atoms with E-state index < -0.39 is 43.4 Å². The highest BCUT2D eigenvalue weighted by molar-refractivity contribution is 6.83. The summed E-state index contributed by atoms with van der Waals surface area (Å²) in [6, 6.07) is 25.1. The predicted molar refractivity (Wildman–Crippen MR) is 184 cm³/mol. The number of aliphatic hydroxyl groups is 1. The lowest BCUT2D eigenvalue weighted by atomic mass is 9.80. The molecule has 0 saturated carbocycles. The Balaban J connectivity index is 1.47. The Morgan fingerprint density at radius 1 is 0.936 bits per heavy atom. The van der Waals surface area contributed by atoms with Gasteiger partial charge in [0.1, 0.15) is 37.5 Å². The molecule has 5 rings (SSSR count). The highest BCUT2D eigenvalue weighted by atomic mass is 28.3. The molecular formula is C37H40N2O7Si. The van der Waals surface area contributed by atoms with Gasteiger partial charge in [-0.05, 0) is 53.1 Å². The Hall–Kier alpha value is -4.66. The zero-order valence-electron chi connectivity index (χ0n) is 27.2. The third kappa shape index (κ3) is 7.67. The molecule has 0 aliphatic carbocycles. The number of rotatable bonds is 10. The third-order valence-corrected chi connectivity index (χ3v) is 8.83. The lowest BCUT2D eigenvalue weighted by Gasteiger charge is -2.37. The van der Waals surface area contributed by atoms with Crippen LogP contribution >= 0.6 is 0 Å². The first-order chi connectivity index (χ1) is 22.5. The summed E-state index contributed by atoms with van der Waals surface area (Å²) < 4.78 is 25.3. The van der Waals surface area contributed by atoms with E-state index in [1.54, 1.807) is 26.4 Å². The molecule has 0 spiro atoms. The molecule has 2 N–H and O–H groups in total. The van der Waals surface area contributed by atoms with Crippen LogP contribution in [0.3, 0.4) is 0 Å². The van der Waals surface area contributed by atoms with Crippen LogP contribution in [0.2, 0.25) is 19.6 Å². The molecule has 244 valence electrons. The van der Waals surface area contributed by atoms with Gasteiger partial charge in [-0.3, -0.25) is 14.3 Å². The number of aliphatic hydroxyl groups excluding tert-OH is 1. The Morgan fingerprint density at radius 2 is 1.51 bits per heavy atom. The van der Waals surface area contributed by atoms with Gasteiger partial charge in [-0.1, -0.05) is 80.2 Å². The van der Waals surface area contributed by atoms with Crippen LogP contribution in [-0.2, 0) is 15.1 Å². The maximum Gasteiger partial charge on any atom is 0.330 e. The van der Waals surface area contributed by atoms with Crippen molar-refractivity contribution in [3.05, 3.63) is 134 Å². The first kappa shape index (κ1) is 33.7. The van der Waals surface area contributed by atoms with Crippen LogP contribution in [0.1, 0.15) is 34.9 Å². The summed E-state index contributed by atoms with van der Waals surface area (Å²) in [7, 11) is 1.65. The van der Waals surface area contributed by atoms with E-state index in [0.29, 0.717) is 11.5 Å². The maximum atomic E-state index is 12.9. The van der Waals surface area contributed by atoms with Gasteiger partial charge >= 0.3 is 5.69 Å². The quantitative estimate of drug-likeness (QED) is 0.139. The van der Waals surface area contributed by atoms with Crippen molar-refractivity contribution < 1.29 is 24.1 Å². The summed E-state index contributed by atoms with van der Waals surface area (Å²) in [5.41, 5.74) is 3.75. The molecule has 0 unspecified atom stereocenters. The average Bonchev–Trinajstić information content (AvgIpc) is 3.44. The van der Waals surface area contributed by atoms with Crippen LogP contribution in [0.4, 0.5) is 0 Å². The summed E-state index contributed by atoms with van der Waals surface area (Å²) >= 11 is 0. The molecular weight excluding hydrogens is 613 g/mol. The van der Waals surface area contributed by atoms with Gasteiger partial charge in [0.15, 0.2) is 0 Å². The molecule has 0 bridgehead atoms. The van der Waals surface area contributed by atoms with E-state index in [4.69, 9.17) is 18.9 Å². The molecule has 1 fully saturated rings. The molecule has 0 radical (unpaired) electrons. The monoisotopic (exact) mass is 652 g/mol. The van der Waals surface area contributed by atoms with Crippen molar-refractivity contribution in [2.45, 2.75) is 50.1 Å². The fourth-order valence-corrected chi connectivity index (χ4v) is 6.06. The van der Waals surface area contributed by atoms with E-state index >= 15 is 0 Å². The Morgan fingerprint density at radius 3 is 2.06 bits per heavy atom. The number of methoxy groups -OCH3 is 2. The van der Waals surface area contributed by atoms with Crippen LogP contribution in [0, 0.1) is 11.5 Å². The number of hydrogen-bond acceptors (Lipinski definition) is 7. The summed E-state index contributed by atoms with van der Waals surface area (Å²) in [5, 5.41) is 11.2. The smallest absolute Gasteiger partial charge is 0.330 e. The van der Waals surface area contributed by atoms with E-state index in [0.717, 1.165) is 16.7 Å². The number of aromatic nitrogens is 2. The Labute approximate surface area is 275 Å². The molecule has 4 aromatic rings. The van der Waals surface area contributed by atoms with Crippen molar-refractivity contribution >= 4 is 14.1 Å². The maximum absolute atomic E-state index is 12.9. The Kier molecular flexibility index (Phi) is 10.3. The van der Waals surface area contributed by atoms with Crippen molar-refractivity contribution in [1.82, 2.24) is 9.55 Å². The number of nitrogens with zero attached hydrogens (tertiary/aromatic N) is 1. The zero-order chi connectivity index (χ0) is 33.6. The summed E-state index contributed by atoms with van der Waals surface area (Å²) in [4.78, 5) is 27.8. The lowest BCUT2D eigenvalue weighted by molar-refractivity contribution is -0.0944. The number of allylic oxidation sites excluding steroid dienone is 1. The van der Waals surface area contributed by atoms with Gasteiger partial charge in [0.2, 0.25) is 0 Å². The number of hydrogen-bond donors (Lipinski definition) is 2. The Bertz CT molecular complexity index is 1820. The highest BCUT2D eigenvalue weighted by Gasteiger charge is 2.42. The minimum absolute atomic E-state index is 0.0121. The first-order valence-corrected chi connectivity index (χ1v) is 18.9. The molecule has 1 saturated heterocycles. The number of ether oxygens (including phenoxy) is 4. The van der Waals surface area contributed by atoms with E-state index in [1.165, 1.54) is 10.8 Å². The van der Waals surface area contributed by atoms with E-state index in [9.17, 15) is 14.7 Å². The van der Waals surface area contributed by atoms with Gasteiger partial charge in [0.05, 0.1) is 32.5 Å². The van der Waals surface area contributed by atoms with Gasteiger partial charge in [0.25, 0.3) is 5.56 Å². The van der Waals surface area contributed by atoms with Crippen molar-refractivity contribution in [2.24, 2.45) is 0 Å². The van der Waals surface area contributed by atoms with Crippen LogP contribution in [0.5, 0.6) is 11.5 Å². The first-order valence-electron chi connectivity index (χ1n) is 15.4.